The van der Waals surface area contributed by atoms with Crippen molar-refractivity contribution in [1.29, 1.82) is 0 Å². The Hall–Kier alpha value is -0.130. The predicted molar refractivity (Wildman–Crippen MR) is 81.0 cm³/mol. The van der Waals surface area contributed by atoms with Crippen molar-refractivity contribution in [3.8, 4) is 0 Å². The van der Waals surface area contributed by atoms with Gasteiger partial charge in [-0.1, -0.05) is 19.3 Å². The zero-order valence-electron chi connectivity index (χ0n) is 12.4. The number of piperidine rings is 2. The first-order valence-corrected chi connectivity index (χ1v) is 9.94. The normalized spacial score (nSPS) is 33.8. The molecule has 4 nitrogen and oxygen atoms in total. The molecule has 0 aromatic carbocycles. The third kappa shape index (κ3) is 3.37. The molecule has 1 aliphatic carbocycles. The van der Waals surface area contributed by atoms with Crippen LogP contribution in [0.4, 0.5) is 0 Å². The summed E-state index contributed by atoms with van der Waals surface area (Å²) in [6, 6.07) is 0. The van der Waals surface area contributed by atoms with Gasteiger partial charge in [0.15, 0.2) is 0 Å². The third-order valence-electron chi connectivity index (χ3n) is 5.55. The highest BCUT2D eigenvalue weighted by Crippen LogP contribution is 2.37. The fourth-order valence-corrected chi connectivity index (χ4v) is 6.21. The first-order valence-electron chi connectivity index (χ1n) is 8.34. The van der Waals surface area contributed by atoms with Gasteiger partial charge in [0.05, 0.1) is 5.75 Å². The van der Waals surface area contributed by atoms with E-state index in [0.717, 1.165) is 51.4 Å². The molecule has 116 valence electrons. The molecule has 3 aliphatic rings. The maximum absolute atomic E-state index is 12.6. The second-order valence-electron chi connectivity index (χ2n) is 6.92. The summed E-state index contributed by atoms with van der Waals surface area (Å²) >= 11 is 0. The van der Waals surface area contributed by atoms with Gasteiger partial charge in [0.1, 0.15) is 0 Å². The number of hydrogen-bond acceptors (Lipinski definition) is 3. The molecule has 0 amide bonds. The largest absolute Gasteiger partial charge is 0.317 e. The fourth-order valence-electron chi connectivity index (χ4n) is 4.27. The van der Waals surface area contributed by atoms with Crippen LogP contribution in [0.1, 0.15) is 44.9 Å². The Morgan fingerprint density at radius 3 is 2.40 bits per heavy atom. The lowest BCUT2D eigenvalue weighted by atomic mass is 9.76. The number of nitrogens with zero attached hydrogens (tertiary/aromatic N) is 1. The van der Waals surface area contributed by atoms with Crippen LogP contribution in [-0.2, 0) is 10.0 Å². The summed E-state index contributed by atoms with van der Waals surface area (Å²) in [5.74, 6) is 2.19. The first-order chi connectivity index (χ1) is 9.65. The van der Waals surface area contributed by atoms with Gasteiger partial charge >= 0.3 is 0 Å². The lowest BCUT2D eigenvalue weighted by Crippen LogP contribution is -2.46. The minimum absolute atomic E-state index is 0.366. The van der Waals surface area contributed by atoms with Gasteiger partial charge in [0.25, 0.3) is 0 Å². The van der Waals surface area contributed by atoms with E-state index < -0.39 is 10.0 Å². The number of hydrogen-bond donors (Lipinski definition) is 1. The molecule has 0 spiro atoms. The highest BCUT2D eigenvalue weighted by Gasteiger charge is 2.36. The zero-order valence-corrected chi connectivity index (χ0v) is 13.2. The van der Waals surface area contributed by atoms with E-state index in [1.807, 2.05) is 4.31 Å². The molecule has 2 aliphatic heterocycles. The molecule has 2 atom stereocenters. The molecule has 2 heterocycles. The molecule has 1 saturated carbocycles. The van der Waals surface area contributed by atoms with Crippen LogP contribution in [0.25, 0.3) is 0 Å². The molecule has 20 heavy (non-hydrogen) atoms. The molecular formula is C15H28N2O2S. The first kappa shape index (κ1) is 14.8. The van der Waals surface area contributed by atoms with Crippen molar-refractivity contribution >= 4 is 10.0 Å². The van der Waals surface area contributed by atoms with E-state index in [0.29, 0.717) is 17.6 Å². The van der Waals surface area contributed by atoms with E-state index in [1.54, 1.807) is 0 Å². The molecule has 3 rings (SSSR count). The van der Waals surface area contributed by atoms with Gasteiger partial charge in [-0.3, -0.25) is 0 Å². The molecular weight excluding hydrogens is 272 g/mol. The van der Waals surface area contributed by atoms with Crippen LogP contribution < -0.4 is 5.32 Å². The van der Waals surface area contributed by atoms with Crippen molar-refractivity contribution in [2.75, 3.05) is 31.9 Å². The van der Waals surface area contributed by atoms with Crippen molar-refractivity contribution in [2.45, 2.75) is 44.9 Å². The van der Waals surface area contributed by atoms with E-state index in [1.165, 1.54) is 25.7 Å². The Morgan fingerprint density at radius 2 is 1.65 bits per heavy atom. The van der Waals surface area contributed by atoms with E-state index in [4.69, 9.17) is 0 Å². The van der Waals surface area contributed by atoms with Crippen LogP contribution in [0.15, 0.2) is 0 Å². The van der Waals surface area contributed by atoms with Gasteiger partial charge in [0.2, 0.25) is 10.0 Å². The lowest BCUT2D eigenvalue weighted by Gasteiger charge is -2.41. The van der Waals surface area contributed by atoms with Crippen LogP contribution in [0, 0.1) is 17.8 Å². The van der Waals surface area contributed by atoms with Gasteiger partial charge in [0, 0.05) is 13.1 Å². The Labute approximate surface area is 123 Å². The van der Waals surface area contributed by atoms with Crippen molar-refractivity contribution in [3.63, 3.8) is 0 Å². The van der Waals surface area contributed by atoms with Crippen LogP contribution in [0.5, 0.6) is 0 Å². The summed E-state index contributed by atoms with van der Waals surface area (Å²) in [6.07, 6.45) is 8.33. The molecule has 0 aromatic heterocycles. The Kier molecular flexibility index (Phi) is 4.68. The standard InChI is InChI=1S/C15H28N2O2S/c18-20(19,12-13-5-8-16-9-6-13)17-10-7-14-3-1-2-4-15(14)11-17/h13-16H,1-12H2. The maximum atomic E-state index is 12.6. The minimum atomic E-state index is -3.03. The number of nitrogens with one attached hydrogen (secondary N) is 1. The summed E-state index contributed by atoms with van der Waals surface area (Å²) in [5, 5.41) is 3.31. The Bertz CT molecular complexity index is 418. The zero-order chi connectivity index (χ0) is 14.0. The van der Waals surface area contributed by atoms with Crippen LogP contribution >= 0.6 is 0 Å². The van der Waals surface area contributed by atoms with Crippen LogP contribution in [0.2, 0.25) is 0 Å². The predicted octanol–water partition coefficient (Wildman–Crippen LogP) is 1.83. The van der Waals surface area contributed by atoms with E-state index in [-0.39, 0.29) is 0 Å². The Balaban J connectivity index is 1.59. The second kappa shape index (κ2) is 6.32. The SMILES string of the molecule is O=S(=O)(CC1CCNCC1)N1CCC2CCCCC2C1. The van der Waals surface area contributed by atoms with Crippen LogP contribution in [0.3, 0.4) is 0 Å². The van der Waals surface area contributed by atoms with E-state index in [9.17, 15) is 8.42 Å². The quantitative estimate of drug-likeness (QED) is 0.865. The van der Waals surface area contributed by atoms with E-state index >= 15 is 0 Å². The summed E-state index contributed by atoms with van der Waals surface area (Å²) in [6.45, 7) is 3.53. The maximum Gasteiger partial charge on any atom is 0.214 e. The fraction of sp³-hybridized carbons (Fsp3) is 1.00. The monoisotopic (exact) mass is 300 g/mol. The summed E-state index contributed by atoms with van der Waals surface area (Å²) < 4.78 is 27.1. The molecule has 5 heteroatoms. The number of sulfonamides is 1. The van der Waals surface area contributed by atoms with Crippen molar-refractivity contribution in [3.05, 3.63) is 0 Å². The van der Waals surface area contributed by atoms with Gasteiger partial charge in [-0.15, -0.1) is 0 Å². The highest BCUT2D eigenvalue weighted by molar-refractivity contribution is 7.89. The molecule has 0 aromatic rings. The van der Waals surface area contributed by atoms with Gasteiger partial charge in [-0.25, -0.2) is 12.7 Å². The molecule has 2 unspecified atom stereocenters. The van der Waals surface area contributed by atoms with E-state index in [2.05, 4.69) is 5.32 Å². The van der Waals surface area contributed by atoms with Gasteiger partial charge in [-0.05, 0) is 56.5 Å². The summed E-state index contributed by atoms with van der Waals surface area (Å²) in [4.78, 5) is 0. The molecule has 0 bridgehead atoms. The molecule has 1 N–H and O–H groups in total. The molecule has 3 fully saturated rings. The van der Waals surface area contributed by atoms with Crippen molar-refractivity contribution in [2.24, 2.45) is 17.8 Å². The third-order valence-corrected chi connectivity index (χ3v) is 7.56. The average Bonchev–Trinajstić information content (AvgIpc) is 2.47. The van der Waals surface area contributed by atoms with Crippen molar-refractivity contribution in [1.82, 2.24) is 9.62 Å². The smallest absolute Gasteiger partial charge is 0.214 e. The Morgan fingerprint density at radius 1 is 0.950 bits per heavy atom. The summed E-state index contributed by atoms with van der Waals surface area (Å²) in [7, 11) is -3.03. The lowest BCUT2D eigenvalue weighted by molar-refractivity contribution is 0.136. The number of rotatable bonds is 3. The topological polar surface area (TPSA) is 49.4 Å². The highest BCUT2D eigenvalue weighted by atomic mass is 32.2. The molecule has 2 saturated heterocycles. The van der Waals surface area contributed by atoms with Gasteiger partial charge in [-0.2, -0.15) is 0 Å². The molecule has 0 radical (unpaired) electrons. The minimum Gasteiger partial charge on any atom is -0.317 e. The summed E-state index contributed by atoms with van der Waals surface area (Å²) in [5.41, 5.74) is 0. The number of fused-ring (bicyclic) bond motifs is 1. The van der Waals surface area contributed by atoms with Crippen molar-refractivity contribution < 1.29 is 8.42 Å². The van der Waals surface area contributed by atoms with Crippen LogP contribution in [-0.4, -0.2) is 44.7 Å². The second-order valence-corrected chi connectivity index (χ2v) is 8.94. The van der Waals surface area contributed by atoms with Gasteiger partial charge < -0.3 is 5.32 Å². The average molecular weight is 300 g/mol.